The Morgan fingerprint density at radius 3 is 2.39 bits per heavy atom. The molecule has 0 unspecified atom stereocenters. The summed E-state index contributed by atoms with van der Waals surface area (Å²) in [5, 5.41) is 6.07. The third-order valence-electron chi connectivity index (χ3n) is 4.71. The maximum absolute atomic E-state index is 12.7. The number of aromatic nitrogens is 1. The van der Waals surface area contributed by atoms with Gasteiger partial charge in [-0.3, -0.25) is 9.69 Å². The molecule has 1 fully saturated rings. The van der Waals surface area contributed by atoms with Crippen molar-refractivity contribution in [3.8, 4) is 0 Å². The number of carbonyl (C=O) groups excluding carboxylic acids is 2. The zero-order chi connectivity index (χ0) is 20.1. The topological polar surface area (TPSA) is 77.6 Å². The number of nitrogens with one attached hydrogen (secondary N) is 2. The standard InChI is InChI=1S/C20H24ClN5O2/c1-14(2)25-9-11-26(12-10-25)20(28)23-17-6-4-3-5-16(17)19(27)24-18-8-7-15(21)13-22-18/h3-8,13-14H,9-12H2,1-2H3,(H,23,28)(H,22,24,27). The third-order valence-corrected chi connectivity index (χ3v) is 4.94. The van der Waals surface area contributed by atoms with Crippen LogP contribution >= 0.6 is 11.6 Å². The molecule has 0 spiro atoms. The van der Waals surface area contributed by atoms with E-state index in [0.717, 1.165) is 13.1 Å². The number of rotatable bonds is 4. The van der Waals surface area contributed by atoms with Gasteiger partial charge in [-0.25, -0.2) is 9.78 Å². The summed E-state index contributed by atoms with van der Waals surface area (Å²) in [7, 11) is 0. The lowest BCUT2D eigenvalue weighted by Crippen LogP contribution is -2.51. The summed E-state index contributed by atoms with van der Waals surface area (Å²) in [6.07, 6.45) is 1.46. The van der Waals surface area contributed by atoms with Crippen molar-refractivity contribution in [2.45, 2.75) is 19.9 Å². The summed E-state index contributed by atoms with van der Waals surface area (Å²) in [6.45, 7) is 7.31. The lowest BCUT2D eigenvalue weighted by molar-refractivity contribution is 0.102. The van der Waals surface area contributed by atoms with Gasteiger partial charge in [0.1, 0.15) is 5.82 Å². The average molecular weight is 402 g/mol. The van der Waals surface area contributed by atoms with Crippen LogP contribution in [0.2, 0.25) is 5.02 Å². The second-order valence-corrected chi connectivity index (χ2v) is 7.34. The van der Waals surface area contributed by atoms with Crippen molar-refractivity contribution >= 4 is 35.0 Å². The van der Waals surface area contributed by atoms with Gasteiger partial charge in [0, 0.05) is 38.4 Å². The molecule has 7 nitrogen and oxygen atoms in total. The fraction of sp³-hybridized carbons (Fsp3) is 0.350. The number of pyridine rings is 1. The molecule has 1 saturated heterocycles. The van der Waals surface area contributed by atoms with Crippen molar-refractivity contribution in [3.05, 3.63) is 53.2 Å². The number of para-hydroxylation sites is 1. The van der Waals surface area contributed by atoms with Gasteiger partial charge in [-0.05, 0) is 38.1 Å². The quantitative estimate of drug-likeness (QED) is 0.821. The Kier molecular flexibility index (Phi) is 6.49. The molecule has 1 aliphatic heterocycles. The SMILES string of the molecule is CC(C)N1CCN(C(=O)Nc2ccccc2C(=O)Nc2ccc(Cl)cn2)CC1. The highest BCUT2D eigenvalue weighted by Crippen LogP contribution is 2.18. The normalized spacial score (nSPS) is 14.8. The minimum Gasteiger partial charge on any atom is -0.322 e. The fourth-order valence-electron chi connectivity index (χ4n) is 3.06. The summed E-state index contributed by atoms with van der Waals surface area (Å²) >= 11 is 5.82. The zero-order valence-corrected chi connectivity index (χ0v) is 16.7. The summed E-state index contributed by atoms with van der Waals surface area (Å²) < 4.78 is 0. The molecular weight excluding hydrogens is 378 g/mol. The minimum absolute atomic E-state index is 0.201. The van der Waals surface area contributed by atoms with E-state index in [1.807, 2.05) is 0 Å². The molecule has 1 aliphatic rings. The first-order chi connectivity index (χ1) is 13.4. The zero-order valence-electron chi connectivity index (χ0n) is 16.0. The molecule has 3 rings (SSSR count). The number of benzene rings is 1. The van der Waals surface area contributed by atoms with E-state index in [0.29, 0.717) is 41.2 Å². The maximum atomic E-state index is 12.7. The summed E-state index contributed by atoms with van der Waals surface area (Å²) in [5.74, 6) is 0.0377. The molecule has 3 amide bonds. The smallest absolute Gasteiger partial charge is 0.321 e. The van der Waals surface area contributed by atoms with Crippen molar-refractivity contribution in [2.24, 2.45) is 0 Å². The van der Waals surface area contributed by atoms with E-state index < -0.39 is 0 Å². The van der Waals surface area contributed by atoms with E-state index >= 15 is 0 Å². The molecule has 2 heterocycles. The predicted octanol–water partition coefficient (Wildman–Crippen LogP) is 3.55. The van der Waals surface area contributed by atoms with Gasteiger partial charge in [0.25, 0.3) is 5.91 Å². The van der Waals surface area contributed by atoms with Crippen LogP contribution in [0.5, 0.6) is 0 Å². The van der Waals surface area contributed by atoms with Crippen molar-refractivity contribution < 1.29 is 9.59 Å². The van der Waals surface area contributed by atoms with Crippen LogP contribution in [0.25, 0.3) is 0 Å². The highest BCUT2D eigenvalue weighted by molar-refractivity contribution is 6.30. The first-order valence-corrected chi connectivity index (χ1v) is 9.64. The highest BCUT2D eigenvalue weighted by Gasteiger charge is 2.23. The van der Waals surface area contributed by atoms with Crippen molar-refractivity contribution in [1.29, 1.82) is 0 Å². The molecule has 2 N–H and O–H groups in total. The van der Waals surface area contributed by atoms with Gasteiger partial charge in [-0.15, -0.1) is 0 Å². The summed E-state index contributed by atoms with van der Waals surface area (Å²) in [6, 6.07) is 10.4. The molecule has 1 aromatic heterocycles. The van der Waals surface area contributed by atoms with Gasteiger partial charge in [0.15, 0.2) is 0 Å². The second kappa shape index (κ2) is 9.03. The van der Waals surface area contributed by atoms with Gasteiger partial charge < -0.3 is 15.5 Å². The van der Waals surface area contributed by atoms with E-state index in [1.54, 1.807) is 41.3 Å². The van der Waals surface area contributed by atoms with E-state index in [-0.39, 0.29) is 11.9 Å². The predicted molar refractivity (Wildman–Crippen MR) is 111 cm³/mol. The van der Waals surface area contributed by atoms with Crippen LogP contribution < -0.4 is 10.6 Å². The number of urea groups is 1. The fourth-order valence-corrected chi connectivity index (χ4v) is 3.17. The van der Waals surface area contributed by atoms with Gasteiger partial charge in [0.2, 0.25) is 0 Å². The molecule has 1 aromatic carbocycles. The Morgan fingerprint density at radius 1 is 1.04 bits per heavy atom. The minimum atomic E-state index is -0.352. The molecule has 0 radical (unpaired) electrons. The molecule has 0 atom stereocenters. The number of halogens is 1. The van der Waals surface area contributed by atoms with Crippen LogP contribution in [0.1, 0.15) is 24.2 Å². The monoisotopic (exact) mass is 401 g/mol. The van der Waals surface area contributed by atoms with E-state index in [9.17, 15) is 9.59 Å². The number of carbonyl (C=O) groups is 2. The van der Waals surface area contributed by atoms with E-state index in [1.165, 1.54) is 6.20 Å². The third kappa shape index (κ3) is 4.99. The number of piperazine rings is 1. The van der Waals surface area contributed by atoms with Gasteiger partial charge in [-0.1, -0.05) is 23.7 Å². The largest absolute Gasteiger partial charge is 0.322 e. The number of anilines is 2. The van der Waals surface area contributed by atoms with Crippen LogP contribution in [-0.2, 0) is 0 Å². The van der Waals surface area contributed by atoms with Crippen LogP contribution in [-0.4, -0.2) is 58.9 Å². The second-order valence-electron chi connectivity index (χ2n) is 6.91. The lowest BCUT2D eigenvalue weighted by atomic mass is 10.1. The van der Waals surface area contributed by atoms with Gasteiger partial charge >= 0.3 is 6.03 Å². The van der Waals surface area contributed by atoms with Gasteiger partial charge in [0.05, 0.1) is 16.3 Å². The average Bonchev–Trinajstić information content (AvgIpc) is 2.70. The van der Waals surface area contributed by atoms with Crippen molar-refractivity contribution in [3.63, 3.8) is 0 Å². The van der Waals surface area contributed by atoms with Crippen molar-refractivity contribution in [2.75, 3.05) is 36.8 Å². The first kappa shape index (κ1) is 20.1. The molecule has 0 aliphatic carbocycles. The molecule has 148 valence electrons. The Hall–Kier alpha value is -2.64. The number of amides is 3. The molecule has 2 aromatic rings. The van der Waals surface area contributed by atoms with Gasteiger partial charge in [-0.2, -0.15) is 0 Å². The van der Waals surface area contributed by atoms with Crippen molar-refractivity contribution in [1.82, 2.24) is 14.8 Å². The van der Waals surface area contributed by atoms with Crippen LogP contribution in [0.4, 0.5) is 16.3 Å². The molecule has 28 heavy (non-hydrogen) atoms. The lowest BCUT2D eigenvalue weighted by Gasteiger charge is -2.36. The molecule has 8 heteroatoms. The number of hydrogen-bond acceptors (Lipinski definition) is 4. The highest BCUT2D eigenvalue weighted by atomic mass is 35.5. The van der Waals surface area contributed by atoms with Crippen LogP contribution in [0.3, 0.4) is 0 Å². The van der Waals surface area contributed by atoms with Crippen LogP contribution in [0.15, 0.2) is 42.6 Å². The summed E-state index contributed by atoms with van der Waals surface area (Å²) in [4.78, 5) is 33.5. The Balaban J connectivity index is 1.66. The number of hydrogen-bond donors (Lipinski definition) is 2. The van der Waals surface area contributed by atoms with E-state index in [2.05, 4.69) is 34.4 Å². The molecule has 0 bridgehead atoms. The Morgan fingerprint density at radius 2 is 1.75 bits per heavy atom. The summed E-state index contributed by atoms with van der Waals surface area (Å²) in [5.41, 5.74) is 0.832. The van der Waals surface area contributed by atoms with Crippen LogP contribution in [0, 0.1) is 0 Å². The first-order valence-electron chi connectivity index (χ1n) is 9.26. The Labute approximate surface area is 169 Å². The molecule has 0 saturated carbocycles. The maximum Gasteiger partial charge on any atom is 0.321 e. The molecular formula is C20H24ClN5O2. The Bertz CT molecular complexity index is 833. The number of nitrogens with zero attached hydrogens (tertiary/aromatic N) is 3. The van der Waals surface area contributed by atoms with E-state index in [4.69, 9.17) is 11.6 Å².